The largest absolute Gasteiger partial charge is 0.496 e. The molecule has 0 saturated carbocycles. The minimum Gasteiger partial charge on any atom is -0.496 e. The number of ether oxygens (including phenoxy) is 2. The fourth-order valence-corrected chi connectivity index (χ4v) is 2.43. The number of nitrogens with one attached hydrogen (secondary N) is 1. The predicted octanol–water partition coefficient (Wildman–Crippen LogP) is 4.00. The number of rotatable bonds is 5. The summed E-state index contributed by atoms with van der Waals surface area (Å²) >= 11 is 3.44. The molecule has 1 amide bonds. The van der Waals surface area contributed by atoms with E-state index in [1.165, 1.54) is 6.92 Å². The van der Waals surface area contributed by atoms with Crippen molar-refractivity contribution < 1.29 is 14.3 Å². The molecular formula is C16H16BrNO3. The van der Waals surface area contributed by atoms with Crippen molar-refractivity contribution >= 4 is 27.5 Å². The fourth-order valence-electron chi connectivity index (χ4n) is 1.85. The molecule has 0 fully saturated rings. The highest BCUT2D eigenvalue weighted by atomic mass is 79.9. The van der Waals surface area contributed by atoms with Crippen LogP contribution in [0.1, 0.15) is 12.5 Å². The predicted molar refractivity (Wildman–Crippen MR) is 85.8 cm³/mol. The number of hydrogen-bond acceptors (Lipinski definition) is 3. The standard InChI is InChI=1S/C16H16BrNO3/c1-11(19)18-14-5-3-4-6-16(14)21-10-12-7-8-15(20-2)13(17)9-12/h3-9H,10H2,1-2H3,(H,18,19). The Kier molecular flexibility index (Phi) is 5.22. The van der Waals surface area contributed by atoms with Crippen LogP contribution in [0.5, 0.6) is 11.5 Å². The summed E-state index contributed by atoms with van der Waals surface area (Å²) in [5, 5.41) is 2.75. The van der Waals surface area contributed by atoms with Crippen molar-refractivity contribution in [2.75, 3.05) is 12.4 Å². The summed E-state index contributed by atoms with van der Waals surface area (Å²) in [6, 6.07) is 13.1. The van der Waals surface area contributed by atoms with Gasteiger partial charge in [-0.1, -0.05) is 18.2 Å². The van der Waals surface area contributed by atoms with Gasteiger partial charge in [-0.05, 0) is 45.8 Å². The summed E-state index contributed by atoms with van der Waals surface area (Å²) in [7, 11) is 1.62. The van der Waals surface area contributed by atoms with Crippen LogP contribution in [0.2, 0.25) is 0 Å². The summed E-state index contributed by atoms with van der Waals surface area (Å²) < 4.78 is 11.8. The van der Waals surface area contributed by atoms with Crippen molar-refractivity contribution in [3.8, 4) is 11.5 Å². The first kappa shape index (κ1) is 15.4. The molecule has 0 spiro atoms. The molecule has 1 N–H and O–H groups in total. The second kappa shape index (κ2) is 7.13. The lowest BCUT2D eigenvalue weighted by Crippen LogP contribution is -2.07. The van der Waals surface area contributed by atoms with E-state index in [1.54, 1.807) is 13.2 Å². The van der Waals surface area contributed by atoms with Crippen LogP contribution in [0.25, 0.3) is 0 Å². The van der Waals surface area contributed by atoms with Crippen LogP contribution in [0.3, 0.4) is 0 Å². The maximum Gasteiger partial charge on any atom is 0.221 e. The number of benzene rings is 2. The number of halogens is 1. The highest BCUT2D eigenvalue weighted by Gasteiger charge is 2.06. The summed E-state index contributed by atoms with van der Waals surface area (Å²) in [5.41, 5.74) is 1.66. The molecular weight excluding hydrogens is 334 g/mol. The maximum absolute atomic E-state index is 11.2. The van der Waals surface area contributed by atoms with Crippen molar-refractivity contribution in [2.24, 2.45) is 0 Å². The first-order valence-electron chi connectivity index (χ1n) is 6.42. The smallest absolute Gasteiger partial charge is 0.221 e. The van der Waals surface area contributed by atoms with Crippen molar-refractivity contribution in [1.29, 1.82) is 0 Å². The van der Waals surface area contributed by atoms with Crippen LogP contribution in [0.15, 0.2) is 46.9 Å². The van der Waals surface area contributed by atoms with Gasteiger partial charge in [-0.15, -0.1) is 0 Å². The summed E-state index contributed by atoms with van der Waals surface area (Å²) in [6.45, 7) is 1.87. The van der Waals surface area contributed by atoms with E-state index < -0.39 is 0 Å². The van der Waals surface area contributed by atoms with E-state index in [-0.39, 0.29) is 5.91 Å². The number of carbonyl (C=O) groups is 1. The Morgan fingerprint density at radius 3 is 2.62 bits per heavy atom. The highest BCUT2D eigenvalue weighted by molar-refractivity contribution is 9.10. The molecule has 0 bridgehead atoms. The van der Waals surface area contributed by atoms with E-state index in [9.17, 15) is 4.79 Å². The molecule has 2 rings (SSSR count). The Bertz CT molecular complexity index is 643. The van der Waals surface area contributed by atoms with E-state index in [0.717, 1.165) is 15.8 Å². The van der Waals surface area contributed by atoms with E-state index >= 15 is 0 Å². The van der Waals surface area contributed by atoms with Gasteiger partial charge in [0.15, 0.2) is 0 Å². The van der Waals surface area contributed by atoms with Crippen LogP contribution in [-0.4, -0.2) is 13.0 Å². The molecule has 0 heterocycles. The van der Waals surface area contributed by atoms with E-state index in [0.29, 0.717) is 18.0 Å². The average Bonchev–Trinajstić information content (AvgIpc) is 2.46. The fraction of sp³-hybridized carbons (Fsp3) is 0.188. The van der Waals surface area contributed by atoms with Crippen molar-refractivity contribution in [3.05, 3.63) is 52.5 Å². The van der Waals surface area contributed by atoms with Gasteiger partial charge in [0.2, 0.25) is 5.91 Å². The molecule has 4 nitrogen and oxygen atoms in total. The second-order valence-corrected chi connectivity index (χ2v) is 5.29. The Morgan fingerprint density at radius 2 is 1.95 bits per heavy atom. The van der Waals surface area contributed by atoms with Gasteiger partial charge in [-0.25, -0.2) is 0 Å². The molecule has 2 aromatic carbocycles. The van der Waals surface area contributed by atoms with Crippen molar-refractivity contribution in [2.45, 2.75) is 13.5 Å². The Morgan fingerprint density at radius 1 is 1.19 bits per heavy atom. The first-order chi connectivity index (χ1) is 10.1. The molecule has 0 saturated heterocycles. The molecule has 0 aliphatic heterocycles. The average molecular weight is 350 g/mol. The zero-order chi connectivity index (χ0) is 15.2. The van der Waals surface area contributed by atoms with Crippen molar-refractivity contribution in [1.82, 2.24) is 0 Å². The number of carbonyl (C=O) groups excluding carboxylic acids is 1. The third kappa shape index (κ3) is 4.23. The number of amides is 1. The van der Waals surface area contributed by atoms with Crippen LogP contribution in [-0.2, 0) is 11.4 Å². The van der Waals surface area contributed by atoms with Gasteiger partial charge in [0, 0.05) is 6.92 Å². The zero-order valence-corrected chi connectivity index (χ0v) is 13.4. The van der Waals surface area contributed by atoms with Gasteiger partial charge >= 0.3 is 0 Å². The van der Waals surface area contributed by atoms with E-state index in [4.69, 9.17) is 9.47 Å². The third-order valence-corrected chi connectivity index (χ3v) is 3.43. The Labute approximate surface area is 132 Å². The number of hydrogen-bond donors (Lipinski definition) is 1. The molecule has 21 heavy (non-hydrogen) atoms. The van der Waals surface area contributed by atoms with Crippen LogP contribution >= 0.6 is 15.9 Å². The van der Waals surface area contributed by atoms with Crippen LogP contribution in [0.4, 0.5) is 5.69 Å². The van der Waals surface area contributed by atoms with Crippen LogP contribution < -0.4 is 14.8 Å². The van der Waals surface area contributed by atoms with Gasteiger partial charge in [0.25, 0.3) is 0 Å². The molecule has 0 aromatic heterocycles. The van der Waals surface area contributed by atoms with E-state index in [1.807, 2.05) is 36.4 Å². The van der Waals surface area contributed by atoms with Gasteiger partial charge in [0.05, 0.1) is 17.3 Å². The lowest BCUT2D eigenvalue weighted by atomic mass is 10.2. The number of anilines is 1. The molecule has 0 aliphatic carbocycles. The number of para-hydroxylation sites is 2. The monoisotopic (exact) mass is 349 g/mol. The summed E-state index contributed by atoms with van der Waals surface area (Å²) in [6.07, 6.45) is 0. The third-order valence-electron chi connectivity index (χ3n) is 2.81. The lowest BCUT2D eigenvalue weighted by molar-refractivity contribution is -0.114. The lowest BCUT2D eigenvalue weighted by Gasteiger charge is -2.12. The first-order valence-corrected chi connectivity index (χ1v) is 7.21. The van der Waals surface area contributed by atoms with Crippen LogP contribution in [0, 0.1) is 0 Å². The normalized spacial score (nSPS) is 10.0. The second-order valence-electron chi connectivity index (χ2n) is 4.43. The molecule has 0 aliphatic rings. The zero-order valence-electron chi connectivity index (χ0n) is 11.9. The topological polar surface area (TPSA) is 47.6 Å². The SMILES string of the molecule is COc1ccc(COc2ccccc2NC(C)=O)cc1Br. The summed E-state index contributed by atoms with van der Waals surface area (Å²) in [4.78, 5) is 11.2. The quantitative estimate of drug-likeness (QED) is 0.887. The van der Waals surface area contributed by atoms with Crippen molar-refractivity contribution in [3.63, 3.8) is 0 Å². The molecule has 110 valence electrons. The molecule has 5 heteroatoms. The maximum atomic E-state index is 11.2. The molecule has 0 atom stereocenters. The van der Waals surface area contributed by atoms with E-state index in [2.05, 4.69) is 21.2 Å². The van der Waals surface area contributed by atoms with Gasteiger partial charge in [0.1, 0.15) is 18.1 Å². The minimum atomic E-state index is -0.127. The Balaban J connectivity index is 2.09. The highest BCUT2D eigenvalue weighted by Crippen LogP contribution is 2.28. The summed E-state index contributed by atoms with van der Waals surface area (Å²) in [5.74, 6) is 1.29. The van der Waals surface area contributed by atoms with Gasteiger partial charge in [-0.3, -0.25) is 4.79 Å². The molecule has 0 radical (unpaired) electrons. The van der Waals surface area contributed by atoms with Gasteiger partial charge < -0.3 is 14.8 Å². The minimum absolute atomic E-state index is 0.127. The van der Waals surface area contributed by atoms with Gasteiger partial charge in [-0.2, -0.15) is 0 Å². The Hall–Kier alpha value is -2.01. The molecule has 0 unspecified atom stereocenters. The number of methoxy groups -OCH3 is 1. The molecule has 2 aromatic rings.